The molecular weight excluding hydrogens is 190 g/mol. The summed E-state index contributed by atoms with van der Waals surface area (Å²) in [7, 11) is 2.18. The van der Waals surface area contributed by atoms with E-state index in [-0.39, 0.29) is 6.10 Å². The lowest BCUT2D eigenvalue weighted by Crippen LogP contribution is -2.37. The number of ether oxygens (including phenoxy) is 1. The minimum atomic E-state index is -0.149. The molecule has 3 unspecified atom stereocenters. The second-order valence-corrected chi connectivity index (χ2v) is 4.76. The van der Waals surface area contributed by atoms with E-state index in [2.05, 4.69) is 18.9 Å². The maximum absolute atomic E-state index is 9.14. The molecule has 3 atom stereocenters. The molecule has 0 spiro atoms. The predicted molar refractivity (Wildman–Crippen MR) is 62.0 cm³/mol. The molecule has 90 valence electrons. The molecule has 0 bridgehead atoms. The number of aliphatic hydroxyl groups is 1. The fourth-order valence-corrected chi connectivity index (χ4v) is 2.27. The van der Waals surface area contributed by atoms with Crippen molar-refractivity contribution in [2.24, 2.45) is 0 Å². The van der Waals surface area contributed by atoms with Crippen LogP contribution in [0.1, 0.15) is 39.5 Å². The average molecular weight is 215 g/mol. The van der Waals surface area contributed by atoms with E-state index >= 15 is 0 Å². The minimum absolute atomic E-state index is 0.149. The third kappa shape index (κ3) is 4.49. The molecular formula is C12H25NO2. The number of nitrogens with zero attached hydrogens (tertiary/aromatic N) is 1. The lowest BCUT2D eigenvalue weighted by Gasteiger charge is -2.26. The third-order valence-corrected chi connectivity index (χ3v) is 3.29. The molecule has 1 heterocycles. The fourth-order valence-electron chi connectivity index (χ4n) is 2.27. The van der Waals surface area contributed by atoms with Crippen molar-refractivity contribution in [2.75, 3.05) is 20.2 Å². The molecule has 0 aromatic carbocycles. The summed E-state index contributed by atoms with van der Waals surface area (Å²) in [6, 6.07) is 0.594. The van der Waals surface area contributed by atoms with Gasteiger partial charge in [-0.25, -0.2) is 0 Å². The van der Waals surface area contributed by atoms with Crippen LogP contribution in [0.3, 0.4) is 0 Å². The first-order valence-electron chi connectivity index (χ1n) is 6.11. The summed E-state index contributed by atoms with van der Waals surface area (Å²) in [4.78, 5) is 2.40. The van der Waals surface area contributed by atoms with Crippen molar-refractivity contribution in [1.82, 2.24) is 4.90 Å². The molecule has 0 radical (unpaired) electrons. The SMILES string of the molecule is CC(O)CCCCN(C)C1CCOC1C. The monoisotopic (exact) mass is 215 g/mol. The molecule has 0 aromatic heterocycles. The Balaban J connectivity index is 2.10. The summed E-state index contributed by atoms with van der Waals surface area (Å²) >= 11 is 0. The fraction of sp³-hybridized carbons (Fsp3) is 1.00. The van der Waals surface area contributed by atoms with Gasteiger partial charge in [0.25, 0.3) is 0 Å². The van der Waals surface area contributed by atoms with Crippen LogP contribution < -0.4 is 0 Å². The average Bonchev–Trinajstić information content (AvgIpc) is 2.58. The molecule has 0 amide bonds. The number of rotatable bonds is 6. The van der Waals surface area contributed by atoms with Crippen molar-refractivity contribution in [3.05, 3.63) is 0 Å². The van der Waals surface area contributed by atoms with E-state index in [1.165, 1.54) is 6.42 Å². The van der Waals surface area contributed by atoms with Crippen molar-refractivity contribution < 1.29 is 9.84 Å². The molecule has 1 aliphatic heterocycles. The normalized spacial score (nSPS) is 28.6. The van der Waals surface area contributed by atoms with Gasteiger partial charge in [0, 0.05) is 12.6 Å². The standard InChI is InChI=1S/C12H25NO2/c1-10(14)6-4-5-8-13(3)12-7-9-15-11(12)2/h10-12,14H,4-9H2,1-3H3. The van der Waals surface area contributed by atoms with Gasteiger partial charge in [0.15, 0.2) is 0 Å². The molecule has 0 saturated carbocycles. The first-order chi connectivity index (χ1) is 7.11. The van der Waals surface area contributed by atoms with Gasteiger partial charge in [-0.15, -0.1) is 0 Å². The van der Waals surface area contributed by atoms with Gasteiger partial charge in [-0.3, -0.25) is 0 Å². The first-order valence-corrected chi connectivity index (χ1v) is 6.11. The second-order valence-electron chi connectivity index (χ2n) is 4.76. The van der Waals surface area contributed by atoms with Gasteiger partial charge in [0.05, 0.1) is 12.2 Å². The summed E-state index contributed by atoms with van der Waals surface area (Å²) in [5, 5.41) is 9.14. The van der Waals surface area contributed by atoms with Crippen molar-refractivity contribution in [2.45, 2.75) is 57.8 Å². The predicted octanol–water partition coefficient (Wildman–Crippen LogP) is 1.65. The Labute approximate surface area is 93.4 Å². The van der Waals surface area contributed by atoms with Crippen LogP contribution in [0.5, 0.6) is 0 Å². The van der Waals surface area contributed by atoms with Gasteiger partial charge < -0.3 is 14.7 Å². The van der Waals surface area contributed by atoms with Crippen molar-refractivity contribution in [3.8, 4) is 0 Å². The summed E-state index contributed by atoms with van der Waals surface area (Å²) in [5.41, 5.74) is 0. The van der Waals surface area contributed by atoms with Crippen molar-refractivity contribution in [3.63, 3.8) is 0 Å². The maximum atomic E-state index is 9.14. The Morgan fingerprint density at radius 2 is 2.20 bits per heavy atom. The zero-order valence-corrected chi connectivity index (χ0v) is 10.3. The van der Waals surface area contributed by atoms with Crippen LogP contribution in [0.4, 0.5) is 0 Å². The molecule has 0 aromatic rings. The van der Waals surface area contributed by atoms with E-state index in [4.69, 9.17) is 9.84 Å². The Morgan fingerprint density at radius 3 is 2.73 bits per heavy atom. The highest BCUT2D eigenvalue weighted by molar-refractivity contribution is 4.80. The second kappa shape index (κ2) is 6.46. The highest BCUT2D eigenvalue weighted by Gasteiger charge is 2.27. The Morgan fingerprint density at radius 1 is 1.47 bits per heavy atom. The molecule has 1 aliphatic rings. The first kappa shape index (κ1) is 12.9. The zero-order valence-electron chi connectivity index (χ0n) is 10.3. The molecule has 15 heavy (non-hydrogen) atoms. The van der Waals surface area contributed by atoms with Gasteiger partial charge >= 0.3 is 0 Å². The van der Waals surface area contributed by atoms with Gasteiger partial charge in [-0.2, -0.15) is 0 Å². The maximum Gasteiger partial charge on any atom is 0.0702 e. The van der Waals surface area contributed by atoms with Crippen LogP contribution in [-0.2, 0) is 4.74 Å². The van der Waals surface area contributed by atoms with Gasteiger partial charge in [-0.1, -0.05) is 0 Å². The van der Waals surface area contributed by atoms with Crippen LogP contribution in [0.25, 0.3) is 0 Å². The molecule has 1 rings (SSSR count). The van der Waals surface area contributed by atoms with Crippen LogP contribution >= 0.6 is 0 Å². The van der Waals surface area contributed by atoms with Gasteiger partial charge in [0.2, 0.25) is 0 Å². The summed E-state index contributed by atoms with van der Waals surface area (Å²) < 4.78 is 5.55. The smallest absolute Gasteiger partial charge is 0.0702 e. The van der Waals surface area contributed by atoms with Gasteiger partial charge in [0.1, 0.15) is 0 Å². The van der Waals surface area contributed by atoms with Crippen LogP contribution in [0.2, 0.25) is 0 Å². The Hall–Kier alpha value is -0.120. The van der Waals surface area contributed by atoms with E-state index in [0.29, 0.717) is 12.1 Å². The van der Waals surface area contributed by atoms with Gasteiger partial charge in [-0.05, 0) is 53.1 Å². The highest BCUT2D eigenvalue weighted by atomic mass is 16.5. The number of aliphatic hydroxyl groups excluding tert-OH is 1. The number of hydrogen-bond acceptors (Lipinski definition) is 3. The zero-order chi connectivity index (χ0) is 11.3. The number of likely N-dealkylation sites (N-methyl/N-ethyl adjacent to an activating group) is 1. The van der Waals surface area contributed by atoms with Crippen LogP contribution in [0.15, 0.2) is 0 Å². The van der Waals surface area contributed by atoms with Crippen LogP contribution in [-0.4, -0.2) is 48.5 Å². The molecule has 1 saturated heterocycles. The molecule has 1 fully saturated rings. The lowest BCUT2D eigenvalue weighted by atomic mass is 10.1. The van der Waals surface area contributed by atoms with Crippen molar-refractivity contribution in [1.29, 1.82) is 0 Å². The lowest BCUT2D eigenvalue weighted by molar-refractivity contribution is 0.0826. The number of unbranched alkanes of at least 4 members (excludes halogenated alkanes) is 1. The van der Waals surface area contributed by atoms with E-state index < -0.39 is 0 Å². The molecule has 3 nitrogen and oxygen atoms in total. The van der Waals surface area contributed by atoms with Crippen molar-refractivity contribution >= 4 is 0 Å². The summed E-state index contributed by atoms with van der Waals surface area (Å²) in [6.45, 7) is 6.04. The van der Waals surface area contributed by atoms with Crippen LogP contribution in [0, 0.1) is 0 Å². The summed E-state index contributed by atoms with van der Waals surface area (Å²) in [5.74, 6) is 0. The third-order valence-electron chi connectivity index (χ3n) is 3.29. The van der Waals surface area contributed by atoms with E-state index in [0.717, 1.165) is 32.4 Å². The topological polar surface area (TPSA) is 32.7 Å². The minimum Gasteiger partial charge on any atom is -0.393 e. The molecule has 0 aliphatic carbocycles. The Bertz CT molecular complexity index is 173. The summed E-state index contributed by atoms with van der Waals surface area (Å²) in [6.07, 6.45) is 4.60. The molecule has 3 heteroatoms. The van der Waals surface area contributed by atoms with E-state index in [1.807, 2.05) is 6.92 Å². The largest absolute Gasteiger partial charge is 0.393 e. The number of hydrogen-bond donors (Lipinski definition) is 1. The highest BCUT2D eigenvalue weighted by Crippen LogP contribution is 2.18. The quantitative estimate of drug-likeness (QED) is 0.684. The molecule has 1 N–H and O–H groups in total. The van der Waals surface area contributed by atoms with E-state index in [9.17, 15) is 0 Å². The Kier molecular flexibility index (Phi) is 5.58. The van der Waals surface area contributed by atoms with E-state index in [1.54, 1.807) is 0 Å².